The van der Waals surface area contributed by atoms with Gasteiger partial charge in [-0.15, -0.1) is 0 Å². The van der Waals surface area contributed by atoms with Crippen molar-refractivity contribution in [2.45, 2.75) is 18.9 Å². The van der Waals surface area contributed by atoms with Crippen molar-refractivity contribution in [3.8, 4) is 0 Å². The lowest BCUT2D eigenvalue weighted by Crippen LogP contribution is -2.41. The molecule has 0 atom stereocenters. The summed E-state index contributed by atoms with van der Waals surface area (Å²) in [4.78, 5) is 6.76. The van der Waals surface area contributed by atoms with E-state index in [1.807, 2.05) is 19.3 Å². The van der Waals surface area contributed by atoms with Gasteiger partial charge in [0.1, 0.15) is 5.82 Å². The molecule has 0 aliphatic carbocycles. The number of aromatic nitrogens is 1. The highest BCUT2D eigenvalue weighted by molar-refractivity contribution is 9.10. The van der Waals surface area contributed by atoms with Crippen LogP contribution in [0.3, 0.4) is 0 Å². The van der Waals surface area contributed by atoms with Crippen LogP contribution in [0.15, 0.2) is 22.8 Å². The summed E-state index contributed by atoms with van der Waals surface area (Å²) >= 11 is 3.40. The molecule has 2 rings (SSSR count). The first-order valence-electron chi connectivity index (χ1n) is 5.33. The van der Waals surface area contributed by atoms with E-state index in [1.54, 1.807) is 0 Å². The monoisotopic (exact) mass is 269 g/mol. The van der Waals surface area contributed by atoms with Crippen LogP contribution in [0, 0.1) is 0 Å². The summed E-state index contributed by atoms with van der Waals surface area (Å²) in [5.41, 5.74) is 0. The number of nitrogens with zero attached hydrogens (tertiary/aromatic N) is 2. The zero-order valence-electron chi connectivity index (χ0n) is 8.91. The highest BCUT2D eigenvalue weighted by Gasteiger charge is 2.18. The Balaban J connectivity index is 1.98. The van der Waals surface area contributed by atoms with Crippen LogP contribution < -0.4 is 10.2 Å². The number of piperidine rings is 1. The van der Waals surface area contributed by atoms with Crippen molar-refractivity contribution in [3.05, 3.63) is 22.8 Å². The van der Waals surface area contributed by atoms with E-state index >= 15 is 0 Å². The van der Waals surface area contributed by atoms with Gasteiger partial charge < -0.3 is 10.2 Å². The minimum absolute atomic E-state index is 0.677. The fourth-order valence-electron chi connectivity index (χ4n) is 1.95. The van der Waals surface area contributed by atoms with E-state index in [0.717, 1.165) is 23.4 Å². The molecule has 1 aromatic heterocycles. The quantitative estimate of drug-likeness (QED) is 0.891. The summed E-state index contributed by atoms with van der Waals surface area (Å²) in [6.07, 6.45) is 4.27. The van der Waals surface area contributed by atoms with E-state index in [1.165, 1.54) is 12.8 Å². The standard InChI is InChI=1S/C11H16BrN3/c1-13-10-4-6-15(7-5-10)11-3-2-9(12)8-14-11/h2-3,8,10,13H,4-7H2,1H3. The van der Waals surface area contributed by atoms with Crippen molar-refractivity contribution in [2.75, 3.05) is 25.0 Å². The maximum Gasteiger partial charge on any atom is 0.128 e. The van der Waals surface area contributed by atoms with Gasteiger partial charge in [0.05, 0.1) is 0 Å². The minimum atomic E-state index is 0.677. The lowest BCUT2D eigenvalue weighted by atomic mass is 10.1. The van der Waals surface area contributed by atoms with Gasteiger partial charge in [-0.2, -0.15) is 0 Å². The molecule has 15 heavy (non-hydrogen) atoms. The number of anilines is 1. The van der Waals surface area contributed by atoms with Crippen LogP contribution in [0.1, 0.15) is 12.8 Å². The first-order chi connectivity index (χ1) is 7.29. The van der Waals surface area contributed by atoms with Gasteiger partial charge in [-0.3, -0.25) is 0 Å². The van der Waals surface area contributed by atoms with Gasteiger partial charge in [0.2, 0.25) is 0 Å². The summed E-state index contributed by atoms with van der Waals surface area (Å²) in [7, 11) is 2.04. The molecule has 2 heterocycles. The van der Waals surface area contributed by atoms with Crippen LogP contribution in [0.2, 0.25) is 0 Å². The van der Waals surface area contributed by atoms with Gasteiger partial charge in [0.15, 0.2) is 0 Å². The van der Waals surface area contributed by atoms with Crippen molar-refractivity contribution in [2.24, 2.45) is 0 Å². The average molecular weight is 270 g/mol. The third-order valence-corrected chi connectivity index (χ3v) is 3.41. The molecule has 0 radical (unpaired) electrons. The Labute approximate surface area is 99.0 Å². The van der Waals surface area contributed by atoms with E-state index in [2.05, 4.69) is 37.2 Å². The Morgan fingerprint density at radius 3 is 2.67 bits per heavy atom. The average Bonchev–Trinajstić information content (AvgIpc) is 2.30. The molecule has 1 aliphatic rings. The molecule has 0 saturated carbocycles. The second-order valence-electron chi connectivity index (χ2n) is 3.88. The number of halogens is 1. The topological polar surface area (TPSA) is 28.2 Å². The maximum absolute atomic E-state index is 4.41. The van der Waals surface area contributed by atoms with Gasteiger partial charge >= 0.3 is 0 Å². The molecule has 1 aromatic rings. The minimum Gasteiger partial charge on any atom is -0.357 e. The Hall–Kier alpha value is -0.610. The van der Waals surface area contributed by atoms with Crippen molar-refractivity contribution in [1.29, 1.82) is 0 Å². The van der Waals surface area contributed by atoms with Crippen LogP contribution in [0.5, 0.6) is 0 Å². The molecular weight excluding hydrogens is 254 g/mol. The van der Waals surface area contributed by atoms with E-state index in [4.69, 9.17) is 0 Å². The molecule has 0 spiro atoms. The van der Waals surface area contributed by atoms with Gasteiger partial charge in [-0.1, -0.05) is 0 Å². The summed E-state index contributed by atoms with van der Waals surface area (Å²) in [6, 6.07) is 4.80. The predicted molar refractivity (Wildman–Crippen MR) is 66.2 cm³/mol. The van der Waals surface area contributed by atoms with Gasteiger partial charge in [0.25, 0.3) is 0 Å². The Bertz CT molecular complexity index is 304. The van der Waals surface area contributed by atoms with Crippen molar-refractivity contribution < 1.29 is 0 Å². The summed E-state index contributed by atoms with van der Waals surface area (Å²) < 4.78 is 1.04. The third kappa shape index (κ3) is 2.69. The molecule has 0 aromatic carbocycles. The molecule has 0 bridgehead atoms. The second-order valence-corrected chi connectivity index (χ2v) is 4.80. The molecule has 0 unspecified atom stereocenters. The first kappa shape index (κ1) is 10.9. The van der Waals surface area contributed by atoms with Crippen molar-refractivity contribution in [1.82, 2.24) is 10.3 Å². The fourth-order valence-corrected chi connectivity index (χ4v) is 2.19. The Morgan fingerprint density at radius 1 is 1.40 bits per heavy atom. The van der Waals surface area contributed by atoms with E-state index in [9.17, 15) is 0 Å². The molecule has 1 saturated heterocycles. The molecule has 0 amide bonds. The van der Waals surface area contributed by atoms with Crippen LogP contribution in [-0.4, -0.2) is 31.2 Å². The number of rotatable bonds is 2. The molecule has 82 valence electrons. The number of nitrogens with one attached hydrogen (secondary N) is 1. The molecule has 1 fully saturated rings. The lowest BCUT2D eigenvalue weighted by Gasteiger charge is -2.32. The second kappa shape index (κ2) is 4.94. The van der Waals surface area contributed by atoms with Crippen LogP contribution in [0.25, 0.3) is 0 Å². The zero-order chi connectivity index (χ0) is 10.7. The van der Waals surface area contributed by atoms with Crippen molar-refractivity contribution in [3.63, 3.8) is 0 Å². The lowest BCUT2D eigenvalue weighted by molar-refractivity contribution is 0.441. The zero-order valence-corrected chi connectivity index (χ0v) is 10.5. The molecule has 1 aliphatic heterocycles. The highest BCUT2D eigenvalue weighted by atomic mass is 79.9. The Kier molecular flexibility index (Phi) is 3.59. The molecule has 4 heteroatoms. The SMILES string of the molecule is CNC1CCN(c2ccc(Br)cn2)CC1. The Morgan fingerprint density at radius 2 is 2.13 bits per heavy atom. The van der Waals surface area contributed by atoms with Crippen LogP contribution >= 0.6 is 15.9 Å². The number of hydrogen-bond donors (Lipinski definition) is 1. The van der Waals surface area contributed by atoms with E-state index in [-0.39, 0.29) is 0 Å². The largest absolute Gasteiger partial charge is 0.357 e. The number of hydrogen-bond acceptors (Lipinski definition) is 3. The van der Waals surface area contributed by atoms with Crippen LogP contribution in [-0.2, 0) is 0 Å². The smallest absolute Gasteiger partial charge is 0.128 e. The predicted octanol–water partition coefficient (Wildman–Crippen LogP) is 2.03. The summed E-state index contributed by atoms with van der Waals surface area (Å²) in [5.74, 6) is 1.09. The van der Waals surface area contributed by atoms with E-state index in [0.29, 0.717) is 6.04 Å². The van der Waals surface area contributed by atoms with Crippen molar-refractivity contribution >= 4 is 21.7 Å². The summed E-state index contributed by atoms with van der Waals surface area (Å²) in [5, 5.41) is 3.33. The van der Waals surface area contributed by atoms with Gasteiger partial charge in [-0.25, -0.2) is 4.98 Å². The number of pyridine rings is 1. The molecule has 1 N–H and O–H groups in total. The summed E-state index contributed by atoms with van der Waals surface area (Å²) in [6.45, 7) is 2.19. The maximum atomic E-state index is 4.41. The van der Waals surface area contributed by atoms with Crippen LogP contribution in [0.4, 0.5) is 5.82 Å². The first-order valence-corrected chi connectivity index (χ1v) is 6.12. The highest BCUT2D eigenvalue weighted by Crippen LogP contribution is 2.19. The normalized spacial score (nSPS) is 18.1. The molecule has 3 nitrogen and oxygen atoms in total. The fraction of sp³-hybridized carbons (Fsp3) is 0.545. The van der Waals surface area contributed by atoms with Gasteiger partial charge in [0, 0.05) is 29.8 Å². The molecular formula is C11H16BrN3. The van der Waals surface area contributed by atoms with E-state index < -0.39 is 0 Å². The third-order valence-electron chi connectivity index (χ3n) is 2.94. The van der Waals surface area contributed by atoms with Gasteiger partial charge in [-0.05, 0) is 48.0 Å².